The molecule has 0 saturated carbocycles. The fourth-order valence-corrected chi connectivity index (χ4v) is 1.58. The summed E-state index contributed by atoms with van der Waals surface area (Å²) in [5.74, 6) is -0.230. The average molecular weight is 205 g/mol. The lowest BCUT2D eigenvalue weighted by atomic mass is 10.1. The first kappa shape index (κ1) is 9.64. The third kappa shape index (κ3) is 1.56. The van der Waals surface area contributed by atoms with Gasteiger partial charge in [-0.3, -0.25) is 9.59 Å². The predicted octanol–water partition coefficient (Wildman–Crippen LogP) is 0.563. The number of imide groups is 1. The van der Waals surface area contributed by atoms with Gasteiger partial charge in [0.1, 0.15) is 5.82 Å². The maximum absolute atomic E-state index is 11.6. The Morgan fingerprint density at radius 1 is 1.47 bits per heavy atom. The van der Waals surface area contributed by atoms with Gasteiger partial charge < -0.3 is 5.73 Å². The molecule has 1 aliphatic heterocycles. The fourth-order valence-electron chi connectivity index (χ4n) is 1.58. The highest BCUT2D eigenvalue weighted by atomic mass is 16.2. The zero-order valence-corrected chi connectivity index (χ0v) is 8.30. The standard InChI is InChI=1S/C10H11N3O2/c1-6-4-9(14)13(10(6)15)7-2-3-8(11)12-5-7/h2-3,5-6H,4H2,1H3,(H2,11,12). The van der Waals surface area contributed by atoms with Crippen LogP contribution in [0.3, 0.4) is 0 Å². The second-order valence-electron chi connectivity index (χ2n) is 3.61. The monoisotopic (exact) mass is 205 g/mol. The summed E-state index contributed by atoms with van der Waals surface area (Å²) in [6.07, 6.45) is 1.70. The lowest BCUT2D eigenvalue weighted by Gasteiger charge is -2.13. The van der Waals surface area contributed by atoms with Crippen molar-refractivity contribution in [1.29, 1.82) is 0 Å². The predicted molar refractivity (Wildman–Crippen MR) is 54.9 cm³/mol. The van der Waals surface area contributed by atoms with Gasteiger partial charge in [-0.25, -0.2) is 9.88 Å². The topological polar surface area (TPSA) is 76.3 Å². The average Bonchev–Trinajstić information content (AvgIpc) is 2.44. The number of carbonyl (C=O) groups excluding carboxylic acids is 2. The van der Waals surface area contributed by atoms with Crippen LogP contribution in [0.2, 0.25) is 0 Å². The van der Waals surface area contributed by atoms with Crippen LogP contribution < -0.4 is 10.6 Å². The molecule has 78 valence electrons. The van der Waals surface area contributed by atoms with Crippen molar-refractivity contribution in [2.75, 3.05) is 10.6 Å². The molecule has 0 spiro atoms. The first-order valence-electron chi connectivity index (χ1n) is 4.68. The molecule has 2 rings (SSSR count). The number of anilines is 2. The van der Waals surface area contributed by atoms with Crippen molar-refractivity contribution < 1.29 is 9.59 Å². The number of amides is 2. The normalized spacial score (nSPS) is 21.1. The molecular formula is C10H11N3O2. The van der Waals surface area contributed by atoms with Crippen LogP contribution >= 0.6 is 0 Å². The second-order valence-corrected chi connectivity index (χ2v) is 3.61. The molecule has 2 heterocycles. The van der Waals surface area contributed by atoms with Crippen LogP contribution in [0, 0.1) is 5.92 Å². The quantitative estimate of drug-likeness (QED) is 0.680. The van der Waals surface area contributed by atoms with Gasteiger partial charge in [-0.2, -0.15) is 0 Å². The second kappa shape index (κ2) is 3.34. The lowest BCUT2D eigenvalue weighted by molar-refractivity contribution is -0.122. The van der Waals surface area contributed by atoms with E-state index in [2.05, 4.69) is 4.98 Å². The molecule has 1 saturated heterocycles. The molecule has 1 aliphatic rings. The molecular weight excluding hydrogens is 194 g/mol. The van der Waals surface area contributed by atoms with Crippen LogP contribution in [0.25, 0.3) is 0 Å². The van der Waals surface area contributed by atoms with E-state index in [1.165, 1.54) is 6.20 Å². The molecule has 1 aromatic rings. The Morgan fingerprint density at radius 3 is 2.67 bits per heavy atom. The maximum Gasteiger partial charge on any atom is 0.237 e. The SMILES string of the molecule is CC1CC(=O)N(c2ccc(N)nc2)C1=O. The molecule has 0 aliphatic carbocycles. The van der Waals surface area contributed by atoms with Gasteiger partial charge in [0, 0.05) is 12.3 Å². The van der Waals surface area contributed by atoms with Gasteiger partial charge >= 0.3 is 0 Å². The number of hydrogen-bond acceptors (Lipinski definition) is 4. The Kier molecular flexibility index (Phi) is 2.15. The molecule has 0 aromatic carbocycles. The number of aromatic nitrogens is 1. The van der Waals surface area contributed by atoms with Crippen molar-refractivity contribution in [2.24, 2.45) is 5.92 Å². The van der Waals surface area contributed by atoms with Gasteiger partial charge in [-0.05, 0) is 12.1 Å². The molecule has 1 aromatic heterocycles. The Balaban J connectivity index is 2.35. The van der Waals surface area contributed by atoms with Crippen molar-refractivity contribution >= 4 is 23.3 Å². The number of hydrogen-bond donors (Lipinski definition) is 1. The van der Waals surface area contributed by atoms with E-state index >= 15 is 0 Å². The van der Waals surface area contributed by atoms with Gasteiger partial charge in [0.2, 0.25) is 11.8 Å². The Morgan fingerprint density at radius 2 is 2.20 bits per heavy atom. The summed E-state index contributed by atoms with van der Waals surface area (Å²) >= 11 is 0. The van der Waals surface area contributed by atoms with Crippen LogP contribution in [0.1, 0.15) is 13.3 Å². The molecule has 5 nitrogen and oxygen atoms in total. The lowest BCUT2D eigenvalue weighted by Crippen LogP contribution is -2.30. The molecule has 15 heavy (non-hydrogen) atoms. The third-order valence-electron chi connectivity index (χ3n) is 2.40. The minimum atomic E-state index is -0.241. The van der Waals surface area contributed by atoms with E-state index < -0.39 is 0 Å². The van der Waals surface area contributed by atoms with Gasteiger partial charge in [0.15, 0.2) is 0 Å². The van der Waals surface area contributed by atoms with E-state index in [0.29, 0.717) is 11.5 Å². The van der Waals surface area contributed by atoms with E-state index in [4.69, 9.17) is 5.73 Å². The van der Waals surface area contributed by atoms with Crippen LogP contribution in [-0.4, -0.2) is 16.8 Å². The Hall–Kier alpha value is -1.91. The van der Waals surface area contributed by atoms with E-state index in [1.54, 1.807) is 19.1 Å². The highest BCUT2D eigenvalue weighted by molar-refractivity contribution is 6.20. The summed E-state index contributed by atoms with van der Waals surface area (Å²) in [6, 6.07) is 3.19. The third-order valence-corrected chi connectivity index (χ3v) is 2.40. The molecule has 0 radical (unpaired) electrons. The highest BCUT2D eigenvalue weighted by Crippen LogP contribution is 2.25. The van der Waals surface area contributed by atoms with Crippen molar-refractivity contribution in [3.05, 3.63) is 18.3 Å². The van der Waals surface area contributed by atoms with Crippen molar-refractivity contribution in [2.45, 2.75) is 13.3 Å². The summed E-state index contributed by atoms with van der Waals surface area (Å²) in [6.45, 7) is 1.74. The number of nitrogens with zero attached hydrogens (tertiary/aromatic N) is 2. The summed E-state index contributed by atoms with van der Waals surface area (Å²) < 4.78 is 0. The zero-order chi connectivity index (χ0) is 11.0. The van der Waals surface area contributed by atoms with Crippen molar-refractivity contribution in [3.8, 4) is 0 Å². The van der Waals surface area contributed by atoms with E-state index in [-0.39, 0.29) is 24.2 Å². The van der Waals surface area contributed by atoms with Gasteiger partial charge in [-0.15, -0.1) is 0 Å². The summed E-state index contributed by atoms with van der Waals surface area (Å²) in [5, 5.41) is 0. The first-order valence-corrected chi connectivity index (χ1v) is 4.68. The smallest absolute Gasteiger partial charge is 0.237 e. The minimum absolute atomic E-state index is 0.174. The molecule has 2 amide bonds. The first-order chi connectivity index (χ1) is 7.09. The molecule has 0 bridgehead atoms. The number of nitrogens with two attached hydrogens (primary N) is 1. The van der Waals surface area contributed by atoms with Crippen molar-refractivity contribution in [1.82, 2.24) is 4.98 Å². The summed E-state index contributed by atoms with van der Waals surface area (Å²) in [7, 11) is 0. The van der Waals surface area contributed by atoms with Crippen LogP contribution in [0.5, 0.6) is 0 Å². The minimum Gasteiger partial charge on any atom is -0.384 e. The number of rotatable bonds is 1. The molecule has 1 unspecified atom stereocenters. The van der Waals surface area contributed by atoms with Crippen LogP contribution in [-0.2, 0) is 9.59 Å². The number of nitrogen functional groups attached to an aromatic ring is 1. The molecule has 2 N–H and O–H groups in total. The van der Waals surface area contributed by atoms with E-state index in [0.717, 1.165) is 4.90 Å². The number of pyridine rings is 1. The van der Waals surface area contributed by atoms with E-state index in [9.17, 15) is 9.59 Å². The van der Waals surface area contributed by atoms with Gasteiger partial charge in [0.25, 0.3) is 0 Å². The Bertz CT molecular complexity index is 413. The number of carbonyl (C=O) groups is 2. The Labute approximate surface area is 86.9 Å². The molecule has 1 atom stereocenters. The van der Waals surface area contributed by atoms with Crippen LogP contribution in [0.4, 0.5) is 11.5 Å². The fraction of sp³-hybridized carbons (Fsp3) is 0.300. The highest BCUT2D eigenvalue weighted by Gasteiger charge is 2.36. The molecule has 5 heteroatoms. The van der Waals surface area contributed by atoms with Gasteiger partial charge in [-0.1, -0.05) is 6.92 Å². The van der Waals surface area contributed by atoms with Gasteiger partial charge in [0.05, 0.1) is 11.9 Å². The zero-order valence-electron chi connectivity index (χ0n) is 8.30. The maximum atomic E-state index is 11.6. The largest absolute Gasteiger partial charge is 0.384 e. The van der Waals surface area contributed by atoms with Crippen molar-refractivity contribution in [3.63, 3.8) is 0 Å². The summed E-state index contributed by atoms with van der Waals surface area (Å²) in [5.41, 5.74) is 5.91. The molecule has 1 fully saturated rings. The van der Waals surface area contributed by atoms with Crippen LogP contribution in [0.15, 0.2) is 18.3 Å². The van der Waals surface area contributed by atoms with E-state index in [1.807, 2.05) is 0 Å². The summed E-state index contributed by atoms with van der Waals surface area (Å²) in [4.78, 5) is 28.2.